The lowest BCUT2D eigenvalue weighted by molar-refractivity contribution is -0.0331. The normalized spacial score (nSPS) is 15.6. The van der Waals surface area contributed by atoms with Gasteiger partial charge in [0.15, 0.2) is 0 Å². The van der Waals surface area contributed by atoms with Gasteiger partial charge in [-0.15, -0.1) is 26.3 Å². The molecule has 0 aromatic rings. The van der Waals surface area contributed by atoms with Gasteiger partial charge < -0.3 is 19.3 Å². The summed E-state index contributed by atoms with van der Waals surface area (Å²) in [6.45, 7) is 18.6. The molecular formula is C22H38O4. The molecule has 0 saturated heterocycles. The Morgan fingerprint density at radius 1 is 0.769 bits per heavy atom. The van der Waals surface area contributed by atoms with Gasteiger partial charge in [0.05, 0.1) is 37.6 Å². The summed E-state index contributed by atoms with van der Waals surface area (Å²) in [4.78, 5) is 0. The lowest BCUT2D eigenvalue weighted by Crippen LogP contribution is -2.26. The summed E-state index contributed by atoms with van der Waals surface area (Å²) in [6, 6.07) is 0. The first-order chi connectivity index (χ1) is 12.6. The highest BCUT2D eigenvalue weighted by molar-refractivity contribution is 4.79. The zero-order valence-electron chi connectivity index (χ0n) is 16.5. The Hall–Kier alpha value is -1.20. The number of hydrogen-bond donors (Lipinski definition) is 1. The summed E-state index contributed by atoms with van der Waals surface area (Å²) in [5.41, 5.74) is 0. The SMILES string of the molecule is C=CCOC(CCOC(CC=C)CC(CC)OCC=C)CC(O)CC=C. The third kappa shape index (κ3) is 13.1. The summed E-state index contributed by atoms with van der Waals surface area (Å²) in [6.07, 6.45) is 11.2. The van der Waals surface area contributed by atoms with E-state index >= 15 is 0 Å². The van der Waals surface area contributed by atoms with Gasteiger partial charge in [-0.1, -0.05) is 31.2 Å². The standard InChI is InChI=1S/C22H38O4/c1-6-11-19(23)17-22(25-15-9-4)13-16-26-21(12-7-2)18-20(10-5)24-14-8-3/h6-9,19-23H,1-4,10-18H2,5H3. The fraction of sp³-hybridized carbons (Fsp3) is 0.636. The fourth-order valence-electron chi connectivity index (χ4n) is 2.70. The summed E-state index contributed by atoms with van der Waals surface area (Å²) in [5, 5.41) is 9.99. The largest absolute Gasteiger partial charge is 0.393 e. The van der Waals surface area contributed by atoms with Crippen molar-refractivity contribution in [2.75, 3.05) is 19.8 Å². The van der Waals surface area contributed by atoms with E-state index in [0.717, 1.165) is 25.7 Å². The average Bonchev–Trinajstić information content (AvgIpc) is 2.63. The van der Waals surface area contributed by atoms with Crippen LogP contribution < -0.4 is 0 Å². The summed E-state index contributed by atoms with van der Waals surface area (Å²) < 4.78 is 17.6. The Bertz CT molecular complexity index is 380. The minimum Gasteiger partial charge on any atom is -0.393 e. The van der Waals surface area contributed by atoms with Crippen LogP contribution in [-0.2, 0) is 14.2 Å². The van der Waals surface area contributed by atoms with E-state index in [0.29, 0.717) is 32.7 Å². The van der Waals surface area contributed by atoms with E-state index in [1.54, 1.807) is 18.2 Å². The zero-order valence-corrected chi connectivity index (χ0v) is 16.5. The molecule has 0 radical (unpaired) electrons. The van der Waals surface area contributed by atoms with Crippen molar-refractivity contribution in [1.29, 1.82) is 0 Å². The van der Waals surface area contributed by atoms with E-state index in [2.05, 4.69) is 33.2 Å². The van der Waals surface area contributed by atoms with Crippen LogP contribution in [0.5, 0.6) is 0 Å². The van der Waals surface area contributed by atoms with Crippen molar-refractivity contribution in [2.45, 2.75) is 69.9 Å². The minimum atomic E-state index is -0.442. The molecule has 0 saturated carbocycles. The van der Waals surface area contributed by atoms with E-state index in [9.17, 15) is 5.11 Å². The van der Waals surface area contributed by atoms with Gasteiger partial charge in [0, 0.05) is 13.0 Å². The quantitative estimate of drug-likeness (QED) is 0.339. The Morgan fingerprint density at radius 3 is 1.92 bits per heavy atom. The number of aliphatic hydroxyl groups excluding tert-OH is 1. The molecule has 0 spiro atoms. The molecule has 0 aromatic heterocycles. The fourth-order valence-corrected chi connectivity index (χ4v) is 2.70. The number of aliphatic hydroxyl groups is 1. The molecule has 0 aliphatic rings. The molecule has 150 valence electrons. The highest BCUT2D eigenvalue weighted by atomic mass is 16.5. The van der Waals surface area contributed by atoms with Gasteiger partial charge in [-0.3, -0.25) is 0 Å². The van der Waals surface area contributed by atoms with Crippen molar-refractivity contribution in [2.24, 2.45) is 0 Å². The van der Waals surface area contributed by atoms with Crippen LogP contribution in [0.4, 0.5) is 0 Å². The molecule has 4 heteroatoms. The van der Waals surface area contributed by atoms with Crippen LogP contribution in [0.1, 0.15) is 45.4 Å². The first kappa shape index (κ1) is 24.8. The van der Waals surface area contributed by atoms with Gasteiger partial charge in [-0.2, -0.15) is 0 Å². The average molecular weight is 367 g/mol. The van der Waals surface area contributed by atoms with E-state index in [4.69, 9.17) is 14.2 Å². The molecule has 26 heavy (non-hydrogen) atoms. The Morgan fingerprint density at radius 2 is 1.38 bits per heavy atom. The van der Waals surface area contributed by atoms with Crippen LogP contribution in [0.3, 0.4) is 0 Å². The van der Waals surface area contributed by atoms with Gasteiger partial charge >= 0.3 is 0 Å². The van der Waals surface area contributed by atoms with Crippen LogP contribution in [0.2, 0.25) is 0 Å². The summed E-state index contributed by atoms with van der Waals surface area (Å²) >= 11 is 0. The molecule has 0 bridgehead atoms. The van der Waals surface area contributed by atoms with E-state index in [1.165, 1.54) is 0 Å². The molecule has 0 fully saturated rings. The highest BCUT2D eigenvalue weighted by Crippen LogP contribution is 2.16. The molecule has 1 N–H and O–H groups in total. The predicted molar refractivity (Wildman–Crippen MR) is 109 cm³/mol. The van der Waals surface area contributed by atoms with E-state index in [1.807, 2.05) is 6.08 Å². The van der Waals surface area contributed by atoms with Gasteiger partial charge in [-0.25, -0.2) is 0 Å². The van der Waals surface area contributed by atoms with E-state index in [-0.39, 0.29) is 18.3 Å². The topological polar surface area (TPSA) is 47.9 Å². The number of ether oxygens (including phenoxy) is 3. The Kier molecular flexibility index (Phi) is 16.4. The van der Waals surface area contributed by atoms with Crippen molar-refractivity contribution in [1.82, 2.24) is 0 Å². The molecular weight excluding hydrogens is 328 g/mol. The third-order valence-electron chi connectivity index (χ3n) is 4.08. The van der Waals surface area contributed by atoms with Gasteiger partial charge in [0.1, 0.15) is 0 Å². The Labute approximate surface area is 160 Å². The van der Waals surface area contributed by atoms with E-state index < -0.39 is 6.10 Å². The van der Waals surface area contributed by atoms with Crippen LogP contribution in [-0.4, -0.2) is 49.3 Å². The second-order valence-corrected chi connectivity index (χ2v) is 6.35. The second kappa shape index (κ2) is 17.2. The first-order valence-corrected chi connectivity index (χ1v) is 9.57. The van der Waals surface area contributed by atoms with Crippen molar-refractivity contribution in [3.8, 4) is 0 Å². The summed E-state index contributed by atoms with van der Waals surface area (Å²) in [5.74, 6) is 0. The zero-order chi connectivity index (χ0) is 19.6. The molecule has 4 nitrogen and oxygen atoms in total. The molecule has 0 aromatic carbocycles. The van der Waals surface area contributed by atoms with Crippen LogP contribution in [0.15, 0.2) is 50.6 Å². The molecule has 4 atom stereocenters. The number of hydrogen-bond acceptors (Lipinski definition) is 4. The molecule has 0 heterocycles. The molecule has 0 rings (SSSR count). The summed E-state index contributed by atoms with van der Waals surface area (Å²) in [7, 11) is 0. The monoisotopic (exact) mass is 366 g/mol. The lowest BCUT2D eigenvalue weighted by atomic mass is 10.1. The smallest absolute Gasteiger partial charge is 0.0648 e. The second-order valence-electron chi connectivity index (χ2n) is 6.35. The Balaban J connectivity index is 4.46. The molecule has 0 aliphatic carbocycles. The van der Waals surface area contributed by atoms with Crippen molar-refractivity contribution >= 4 is 0 Å². The highest BCUT2D eigenvalue weighted by Gasteiger charge is 2.18. The van der Waals surface area contributed by atoms with Crippen molar-refractivity contribution in [3.05, 3.63) is 50.6 Å². The number of rotatable bonds is 19. The maximum absolute atomic E-state index is 9.99. The van der Waals surface area contributed by atoms with Crippen molar-refractivity contribution in [3.63, 3.8) is 0 Å². The predicted octanol–water partition coefficient (Wildman–Crippen LogP) is 4.61. The molecule has 0 amide bonds. The van der Waals surface area contributed by atoms with Gasteiger partial charge in [-0.05, 0) is 32.1 Å². The van der Waals surface area contributed by atoms with Crippen molar-refractivity contribution < 1.29 is 19.3 Å². The maximum Gasteiger partial charge on any atom is 0.0648 e. The van der Waals surface area contributed by atoms with Gasteiger partial charge in [0.2, 0.25) is 0 Å². The minimum absolute atomic E-state index is 0.0636. The van der Waals surface area contributed by atoms with Crippen LogP contribution in [0, 0.1) is 0 Å². The lowest BCUT2D eigenvalue weighted by Gasteiger charge is -2.24. The maximum atomic E-state index is 9.99. The van der Waals surface area contributed by atoms with Crippen LogP contribution >= 0.6 is 0 Å². The molecule has 4 unspecified atom stereocenters. The van der Waals surface area contributed by atoms with Crippen LogP contribution in [0.25, 0.3) is 0 Å². The van der Waals surface area contributed by atoms with Gasteiger partial charge in [0.25, 0.3) is 0 Å². The molecule has 0 aliphatic heterocycles. The third-order valence-corrected chi connectivity index (χ3v) is 4.08. The first-order valence-electron chi connectivity index (χ1n) is 9.57.